The summed E-state index contributed by atoms with van der Waals surface area (Å²) in [5, 5.41) is 14.7. The maximum absolute atomic E-state index is 8.36. The molecular weight excluding hydrogens is 544 g/mol. The first-order valence-corrected chi connectivity index (χ1v) is 11.7. The van der Waals surface area contributed by atoms with Crippen molar-refractivity contribution in [3.05, 3.63) is 89.8 Å². The van der Waals surface area contributed by atoms with Gasteiger partial charge in [0, 0.05) is 23.0 Å². The number of aromatic nitrogens is 2. The summed E-state index contributed by atoms with van der Waals surface area (Å²) in [6.45, 7) is 1.12. The van der Waals surface area contributed by atoms with E-state index in [4.69, 9.17) is 78.1 Å². The highest BCUT2D eigenvalue weighted by atomic mass is 35.5. The van der Waals surface area contributed by atoms with E-state index in [1.54, 1.807) is 12.5 Å². The van der Waals surface area contributed by atoms with Crippen LogP contribution in [0, 0.1) is 10.1 Å². The first-order valence-electron chi connectivity index (χ1n) is 8.79. The van der Waals surface area contributed by atoms with Crippen molar-refractivity contribution >= 4 is 69.8 Å². The van der Waals surface area contributed by atoms with Crippen LogP contribution < -0.4 is 0 Å². The summed E-state index contributed by atoms with van der Waals surface area (Å²) in [4.78, 5) is 13.0. The Morgan fingerprint density at radius 1 is 1.06 bits per heavy atom. The lowest BCUT2D eigenvalue weighted by Crippen LogP contribution is -2.22. The molecule has 0 fully saturated rings. The number of nitrogens with zero attached hydrogens (tertiary/aromatic N) is 3. The molecule has 13 heteroatoms. The molecule has 0 aliphatic rings. The topological polar surface area (TPSA) is 90.4 Å². The van der Waals surface area contributed by atoms with Gasteiger partial charge in [-0.15, -0.1) is 21.9 Å². The Hall–Kier alpha value is -1.39. The molecule has 32 heavy (non-hydrogen) atoms. The van der Waals surface area contributed by atoms with Crippen LogP contribution in [-0.4, -0.2) is 31.7 Å². The number of benzene rings is 2. The summed E-state index contributed by atoms with van der Waals surface area (Å²) in [6.07, 6.45) is 5.24. The van der Waals surface area contributed by atoms with Crippen molar-refractivity contribution in [3.8, 4) is 0 Å². The average molecular weight is 560 g/mol. The molecule has 1 heterocycles. The Bertz CT molecular complexity index is 993. The standard InChI is InChI=1S/C19H15Cl5N2OS.HNO3/c20-14-15(21)17(23)19(18(24)16(14)22)28-10-13(8-26-7-6-25-11-26)27-9-12-4-2-1-3-5-12;2-1(3)4/h1-7,11,13H,8-10H2;(H,2,3,4). The quantitative estimate of drug-likeness (QED) is 0.103. The molecule has 0 saturated carbocycles. The predicted octanol–water partition coefficient (Wildman–Crippen LogP) is 7.18. The van der Waals surface area contributed by atoms with Gasteiger partial charge in [-0.05, 0) is 5.56 Å². The smallest absolute Gasteiger partial charge is 0.291 e. The molecular formula is C19H16Cl5N3O4S. The second kappa shape index (κ2) is 13.3. The SMILES string of the molecule is Clc1c(Cl)c(Cl)c(SCC(Cn2ccnc2)OCc2ccccc2)c(Cl)c1Cl.O=[N+]([O-])O. The van der Waals surface area contributed by atoms with Crippen molar-refractivity contribution < 1.29 is 15.0 Å². The number of halogens is 5. The van der Waals surface area contributed by atoms with Crippen molar-refractivity contribution in [1.82, 2.24) is 9.55 Å². The zero-order chi connectivity index (χ0) is 23.7. The fourth-order valence-electron chi connectivity index (χ4n) is 2.46. The number of hydrogen-bond acceptors (Lipinski definition) is 5. The summed E-state index contributed by atoms with van der Waals surface area (Å²) in [5.41, 5.74) is 1.09. The van der Waals surface area contributed by atoms with E-state index in [0.29, 0.717) is 23.8 Å². The largest absolute Gasteiger partial charge is 0.371 e. The number of ether oxygens (including phenoxy) is 1. The third-order valence-electron chi connectivity index (χ3n) is 3.89. The van der Waals surface area contributed by atoms with Gasteiger partial charge in [-0.2, -0.15) is 0 Å². The van der Waals surface area contributed by atoms with Crippen LogP contribution in [0.2, 0.25) is 25.1 Å². The molecule has 2 aromatic carbocycles. The monoisotopic (exact) mass is 557 g/mol. The fraction of sp³-hybridized carbons (Fsp3) is 0.211. The summed E-state index contributed by atoms with van der Waals surface area (Å²) in [5.74, 6) is 0.582. The maximum Gasteiger partial charge on any atom is 0.291 e. The normalized spacial score (nSPS) is 11.5. The van der Waals surface area contributed by atoms with E-state index in [-0.39, 0.29) is 31.2 Å². The van der Waals surface area contributed by atoms with E-state index in [1.165, 1.54) is 11.8 Å². The Morgan fingerprint density at radius 2 is 1.62 bits per heavy atom. The molecule has 0 radical (unpaired) electrons. The molecule has 1 atom stereocenters. The third-order valence-corrected chi connectivity index (χ3v) is 7.62. The summed E-state index contributed by atoms with van der Waals surface area (Å²) >= 11 is 32.5. The summed E-state index contributed by atoms with van der Waals surface area (Å²) in [7, 11) is 0. The second-order valence-electron chi connectivity index (χ2n) is 6.13. The number of thioether (sulfide) groups is 1. The Morgan fingerprint density at radius 3 is 2.16 bits per heavy atom. The van der Waals surface area contributed by atoms with Crippen molar-refractivity contribution in [2.75, 3.05) is 5.75 Å². The molecule has 0 aliphatic heterocycles. The number of rotatable bonds is 8. The molecule has 7 nitrogen and oxygen atoms in total. The zero-order valence-electron chi connectivity index (χ0n) is 16.1. The van der Waals surface area contributed by atoms with Crippen LogP contribution in [0.1, 0.15) is 5.56 Å². The second-order valence-corrected chi connectivity index (χ2v) is 9.05. The van der Waals surface area contributed by atoms with Gasteiger partial charge in [-0.1, -0.05) is 88.3 Å². The lowest BCUT2D eigenvalue weighted by Gasteiger charge is -2.20. The highest BCUT2D eigenvalue weighted by molar-refractivity contribution is 7.99. The Kier molecular flexibility index (Phi) is 11.2. The van der Waals surface area contributed by atoms with Crippen LogP contribution in [0.5, 0.6) is 0 Å². The van der Waals surface area contributed by atoms with Crippen LogP contribution in [0.25, 0.3) is 0 Å². The molecule has 0 amide bonds. The molecule has 1 N–H and O–H groups in total. The highest BCUT2D eigenvalue weighted by Crippen LogP contribution is 2.48. The predicted molar refractivity (Wildman–Crippen MR) is 128 cm³/mol. The number of hydrogen-bond donors (Lipinski definition) is 1. The van der Waals surface area contributed by atoms with Gasteiger partial charge in [0.15, 0.2) is 0 Å². The van der Waals surface area contributed by atoms with Gasteiger partial charge >= 0.3 is 0 Å². The van der Waals surface area contributed by atoms with E-state index < -0.39 is 5.09 Å². The van der Waals surface area contributed by atoms with E-state index in [9.17, 15) is 0 Å². The van der Waals surface area contributed by atoms with Crippen molar-refractivity contribution in [2.24, 2.45) is 0 Å². The maximum atomic E-state index is 8.36. The van der Waals surface area contributed by atoms with Crippen LogP contribution in [0.4, 0.5) is 0 Å². The minimum absolute atomic E-state index is 0.125. The molecule has 0 saturated heterocycles. The van der Waals surface area contributed by atoms with Crippen LogP contribution in [0.15, 0.2) is 53.9 Å². The van der Waals surface area contributed by atoms with E-state index >= 15 is 0 Å². The molecule has 0 aliphatic carbocycles. The van der Waals surface area contributed by atoms with E-state index in [0.717, 1.165) is 5.56 Å². The molecule has 0 bridgehead atoms. The van der Waals surface area contributed by atoms with E-state index in [1.807, 2.05) is 41.1 Å². The first kappa shape index (κ1) is 26.9. The van der Waals surface area contributed by atoms with Gasteiger partial charge in [0.25, 0.3) is 5.09 Å². The Balaban J connectivity index is 0.000000837. The molecule has 1 aromatic heterocycles. The third kappa shape index (κ3) is 8.19. The number of imidazole rings is 1. The zero-order valence-corrected chi connectivity index (χ0v) is 20.7. The molecule has 0 spiro atoms. The molecule has 1 unspecified atom stereocenters. The van der Waals surface area contributed by atoms with Gasteiger partial charge in [0.1, 0.15) is 0 Å². The lowest BCUT2D eigenvalue weighted by molar-refractivity contribution is -0.742. The minimum Gasteiger partial charge on any atom is -0.371 e. The lowest BCUT2D eigenvalue weighted by atomic mass is 10.2. The minimum atomic E-state index is -1.50. The summed E-state index contributed by atoms with van der Waals surface area (Å²) in [6, 6.07) is 9.98. The fourth-order valence-corrected chi connectivity index (χ4v) is 5.05. The molecule has 3 aromatic rings. The van der Waals surface area contributed by atoms with Crippen LogP contribution >= 0.6 is 69.8 Å². The van der Waals surface area contributed by atoms with Gasteiger partial charge < -0.3 is 14.5 Å². The van der Waals surface area contributed by atoms with Crippen molar-refractivity contribution in [1.29, 1.82) is 0 Å². The first-order chi connectivity index (χ1) is 15.2. The highest BCUT2D eigenvalue weighted by Gasteiger charge is 2.21. The van der Waals surface area contributed by atoms with Gasteiger partial charge in [0.2, 0.25) is 0 Å². The van der Waals surface area contributed by atoms with E-state index in [2.05, 4.69) is 4.98 Å². The van der Waals surface area contributed by atoms with Gasteiger partial charge in [0.05, 0.1) is 50.7 Å². The van der Waals surface area contributed by atoms with Gasteiger partial charge in [-0.25, -0.2) is 4.98 Å². The van der Waals surface area contributed by atoms with Crippen LogP contribution in [-0.2, 0) is 17.9 Å². The van der Waals surface area contributed by atoms with Crippen molar-refractivity contribution in [3.63, 3.8) is 0 Å². The Labute approximate surface area is 213 Å². The van der Waals surface area contributed by atoms with Crippen LogP contribution in [0.3, 0.4) is 0 Å². The molecule has 172 valence electrons. The molecule has 3 rings (SSSR count). The summed E-state index contributed by atoms with van der Waals surface area (Å²) < 4.78 is 8.10. The van der Waals surface area contributed by atoms with Crippen molar-refractivity contribution in [2.45, 2.75) is 24.2 Å². The average Bonchev–Trinajstić information content (AvgIpc) is 3.28. The van der Waals surface area contributed by atoms with Gasteiger partial charge in [-0.3, -0.25) is 0 Å².